The van der Waals surface area contributed by atoms with Crippen molar-refractivity contribution in [2.24, 2.45) is 12.8 Å². The van der Waals surface area contributed by atoms with Gasteiger partial charge >= 0.3 is 0 Å². The molecule has 0 spiro atoms. The number of rotatable bonds is 5. The molecule has 2 N–H and O–H groups in total. The molecule has 6 nitrogen and oxygen atoms in total. The fraction of sp³-hybridized carbons (Fsp3) is 0.357. The Kier molecular flexibility index (Phi) is 4.14. The summed E-state index contributed by atoms with van der Waals surface area (Å²) in [7, 11) is 6.64. The summed E-state index contributed by atoms with van der Waals surface area (Å²) in [5.74, 6) is 2.06. The fourth-order valence-corrected chi connectivity index (χ4v) is 2.17. The van der Waals surface area contributed by atoms with Crippen molar-refractivity contribution in [3.8, 4) is 17.2 Å². The van der Waals surface area contributed by atoms with Crippen LogP contribution in [-0.4, -0.2) is 31.1 Å². The first-order valence-electron chi connectivity index (χ1n) is 6.15. The monoisotopic (exact) mass is 277 g/mol. The molecule has 2 rings (SSSR count). The standard InChI is InChI=1S/C14H19N3O3/c1-17-14(12(20-4)8-16-17)13(15)10-7-9(18-2)5-6-11(10)19-3/h5-8,13H,15H2,1-4H3. The lowest BCUT2D eigenvalue weighted by atomic mass is 10.0. The average Bonchev–Trinajstić information content (AvgIpc) is 2.86. The fourth-order valence-electron chi connectivity index (χ4n) is 2.17. The van der Waals surface area contributed by atoms with E-state index in [-0.39, 0.29) is 0 Å². The molecule has 0 saturated carbocycles. The van der Waals surface area contributed by atoms with Crippen molar-refractivity contribution in [2.45, 2.75) is 6.04 Å². The van der Waals surface area contributed by atoms with Gasteiger partial charge < -0.3 is 19.9 Å². The van der Waals surface area contributed by atoms with Crippen molar-refractivity contribution in [2.75, 3.05) is 21.3 Å². The zero-order chi connectivity index (χ0) is 14.7. The molecule has 0 radical (unpaired) electrons. The van der Waals surface area contributed by atoms with Gasteiger partial charge in [-0.3, -0.25) is 4.68 Å². The maximum atomic E-state index is 6.36. The molecule has 1 atom stereocenters. The predicted molar refractivity (Wildman–Crippen MR) is 75.3 cm³/mol. The lowest BCUT2D eigenvalue weighted by molar-refractivity contribution is 0.391. The number of methoxy groups -OCH3 is 3. The minimum atomic E-state index is -0.428. The van der Waals surface area contributed by atoms with Crippen LogP contribution in [0.4, 0.5) is 0 Å². The van der Waals surface area contributed by atoms with Gasteiger partial charge in [-0.05, 0) is 18.2 Å². The number of benzene rings is 1. The van der Waals surface area contributed by atoms with Crippen LogP contribution in [0.3, 0.4) is 0 Å². The van der Waals surface area contributed by atoms with E-state index in [1.165, 1.54) is 0 Å². The smallest absolute Gasteiger partial charge is 0.161 e. The first-order valence-corrected chi connectivity index (χ1v) is 6.15. The van der Waals surface area contributed by atoms with E-state index in [2.05, 4.69) is 5.10 Å². The van der Waals surface area contributed by atoms with Crippen LogP contribution in [0.15, 0.2) is 24.4 Å². The van der Waals surface area contributed by atoms with Crippen molar-refractivity contribution >= 4 is 0 Å². The van der Waals surface area contributed by atoms with Crippen LogP contribution < -0.4 is 19.9 Å². The summed E-state index contributed by atoms with van der Waals surface area (Å²) in [6.07, 6.45) is 1.64. The SMILES string of the molecule is COc1ccc(OC)c(C(N)c2c(OC)cnn2C)c1. The molecule has 0 amide bonds. The summed E-state index contributed by atoms with van der Waals surface area (Å²) in [5, 5.41) is 4.17. The largest absolute Gasteiger partial charge is 0.497 e. The lowest BCUT2D eigenvalue weighted by Crippen LogP contribution is -2.17. The number of ether oxygens (including phenoxy) is 3. The Morgan fingerprint density at radius 1 is 1.10 bits per heavy atom. The van der Waals surface area contributed by atoms with Crippen LogP contribution in [0.5, 0.6) is 17.2 Å². The third kappa shape index (κ3) is 2.42. The molecule has 2 aromatic rings. The van der Waals surface area contributed by atoms with Crippen LogP contribution >= 0.6 is 0 Å². The van der Waals surface area contributed by atoms with Gasteiger partial charge in [-0.15, -0.1) is 0 Å². The second kappa shape index (κ2) is 5.83. The van der Waals surface area contributed by atoms with Crippen LogP contribution in [0.2, 0.25) is 0 Å². The van der Waals surface area contributed by atoms with Crippen LogP contribution in [-0.2, 0) is 7.05 Å². The summed E-state index contributed by atoms with van der Waals surface area (Å²) in [6.45, 7) is 0. The summed E-state index contributed by atoms with van der Waals surface area (Å²) >= 11 is 0. The molecule has 0 aliphatic heterocycles. The van der Waals surface area contributed by atoms with Gasteiger partial charge in [0.05, 0.1) is 33.6 Å². The molecular weight excluding hydrogens is 258 g/mol. The average molecular weight is 277 g/mol. The Bertz CT molecular complexity index is 595. The van der Waals surface area contributed by atoms with Gasteiger partial charge in [-0.25, -0.2) is 0 Å². The lowest BCUT2D eigenvalue weighted by Gasteiger charge is -2.18. The van der Waals surface area contributed by atoms with Crippen LogP contribution in [0.25, 0.3) is 0 Å². The van der Waals surface area contributed by atoms with E-state index < -0.39 is 6.04 Å². The molecule has 0 aliphatic rings. The van der Waals surface area contributed by atoms with Gasteiger partial charge in [-0.2, -0.15) is 5.10 Å². The predicted octanol–water partition coefficient (Wildman–Crippen LogP) is 1.49. The molecule has 20 heavy (non-hydrogen) atoms. The normalized spacial score (nSPS) is 12.1. The summed E-state index contributed by atoms with van der Waals surface area (Å²) in [5.41, 5.74) is 7.95. The zero-order valence-electron chi connectivity index (χ0n) is 12.1. The van der Waals surface area contributed by atoms with Crippen LogP contribution in [0.1, 0.15) is 17.3 Å². The van der Waals surface area contributed by atoms with Gasteiger partial charge in [-0.1, -0.05) is 0 Å². The molecule has 0 bridgehead atoms. The Labute approximate surface area is 118 Å². The summed E-state index contributed by atoms with van der Waals surface area (Å²) < 4.78 is 17.6. The molecule has 0 aliphatic carbocycles. The van der Waals surface area contributed by atoms with E-state index in [9.17, 15) is 0 Å². The van der Waals surface area contributed by atoms with E-state index in [4.69, 9.17) is 19.9 Å². The second-order valence-electron chi connectivity index (χ2n) is 4.31. The second-order valence-corrected chi connectivity index (χ2v) is 4.31. The molecule has 0 fully saturated rings. The van der Waals surface area contributed by atoms with E-state index >= 15 is 0 Å². The van der Waals surface area contributed by atoms with E-state index in [0.29, 0.717) is 11.5 Å². The van der Waals surface area contributed by atoms with Gasteiger partial charge in [0.25, 0.3) is 0 Å². The third-order valence-electron chi connectivity index (χ3n) is 3.24. The first kappa shape index (κ1) is 14.2. The van der Waals surface area contributed by atoms with E-state index in [1.807, 2.05) is 25.2 Å². The molecule has 0 saturated heterocycles. The minimum Gasteiger partial charge on any atom is -0.497 e. The Hall–Kier alpha value is -2.21. The molecule has 1 aromatic heterocycles. The van der Waals surface area contributed by atoms with Crippen molar-refractivity contribution in [1.82, 2.24) is 9.78 Å². The van der Waals surface area contributed by atoms with E-state index in [0.717, 1.165) is 17.0 Å². The van der Waals surface area contributed by atoms with Gasteiger partial charge in [0, 0.05) is 12.6 Å². The molecule has 1 heterocycles. The van der Waals surface area contributed by atoms with E-state index in [1.54, 1.807) is 32.2 Å². The topological polar surface area (TPSA) is 71.5 Å². The maximum Gasteiger partial charge on any atom is 0.161 e. The number of hydrogen-bond donors (Lipinski definition) is 1. The first-order chi connectivity index (χ1) is 9.62. The highest BCUT2D eigenvalue weighted by atomic mass is 16.5. The molecule has 6 heteroatoms. The zero-order valence-corrected chi connectivity index (χ0v) is 12.1. The quantitative estimate of drug-likeness (QED) is 0.896. The van der Waals surface area contributed by atoms with Gasteiger partial charge in [0.1, 0.15) is 17.2 Å². The highest BCUT2D eigenvalue weighted by Crippen LogP contribution is 2.34. The highest BCUT2D eigenvalue weighted by molar-refractivity contribution is 5.47. The molecule has 108 valence electrons. The Morgan fingerprint density at radius 2 is 1.80 bits per heavy atom. The summed E-state index contributed by atoms with van der Waals surface area (Å²) in [4.78, 5) is 0. The number of aromatic nitrogens is 2. The Morgan fingerprint density at radius 3 is 2.40 bits per heavy atom. The van der Waals surface area contributed by atoms with Crippen LogP contribution in [0, 0.1) is 0 Å². The third-order valence-corrected chi connectivity index (χ3v) is 3.24. The van der Waals surface area contributed by atoms with Crippen molar-refractivity contribution in [3.63, 3.8) is 0 Å². The maximum absolute atomic E-state index is 6.36. The van der Waals surface area contributed by atoms with Crippen molar-refractivity contribution < 1.29 is 14.2 Å². The van der Waals surface area contributed by atoms with Gasteiger partial charge in [0.2, 0.25) is 0 Å². The number of nitrogens with two attached hydrogens (primary N) is 1. The number of nitrogens with zero attached hydrogens (tertiary/aromatic N) is 2. The van der Waals surface area contributed by atoms with Crippen molar-refractivity contribution in [1.29, 1.82) is 0 Å². The molecule has 1 aromatic carbocycles. The highest BCUT2D eigenvalue weighted by Gasteiger charge is 2.22. The minimum absolute atomic E-state index is 0.428. The van der Waals surface area contributed by atoms with Crippen molar-refractivity contribution in [3.05, 3.63) is 35.7 Å². The Balaban J connectivity index is 2.51. The molecule has 1 unspecified atom stereocenters. The molecular formula is C14H19N3O3. The number of hydrogen-bond acceptors (Lipinski definition) is 5. The summed E-state index contributed by atoms with van der Waals surface area (Å²) in [6, 6.07) is 5.09. The number of aryl methyl sites for hydroxylation is 1. The van der Waals surface area contributed by atoms with Gasteiger partial charge in [0.15, 0.2) is 5.75 Å².